The molecule has 16 heavy (non-hydrogen) atoms. The normalized spacial score (nSPS) is 13.1. The number of aromatic nitrogens is 3. The Labute approximate surface area is 95.7 Å². The van der Waals surface area contributed by atoms with Crippen molar-refractivity contribution in [1.82, 2.24) is 19.9 Å². The zero-order chi connectivity index (χ0) is 11.4. The van der Waals surface area contributed by atoms with Gasteiger partial charge in [0, 0.05) is 25.2 Å². The lowest BCUT2D eigenvalue weighted by atomic mass is 10.2. The van der Waals surface area contributed by atoms with E-state index in [2.05, 4.69) is 29.4 Å². The van der Waals surface area contributed by atoms with Gasteiger partial charge in [0.05, 0.1) is 0 Å². The standard InChI is InChI=1S/C12H18N4/c1-3-10(2)13-8-7-12-15-14-11-6-4-5-9-16(11)12/h4-6,9-10,13H,3,7-8H2,1-2H3. The van der Waals surface area contributed by atoms with Crippen molar-refractivity contribution in [2.24, 2.45) is 0 Å². The van der Waals surface area contributed by atoms with Crippen LogP contribution in [-0.2, 0) is 6.42 Å². The highest BCUT2D eigenvalue weighted by Gasteiger charge is 2.04. The fraction of sp³-hybridized carbons (Fsp3) is 0.500. The molecule has 0 aliphatic rings. The number of fused-ring (bicyclic) bond motifs is 1. The quantitative estimate of drug-likeness (QED) is 0.830. The number of hydrogen-bond acceptors (Lipinski definition) is 3. The van der Waals surface area contributed by atoms with E-state index in [4.69, 9.17) is 0 Å². The summed E-state index contributed by atoms with van der Waals surface area (Å²) in [5, 5.41) is 11.8. The van der Waals surface area contributed by atoms with Gasteiger partial charge in [-0.3, -0.25) is 4.40 Å². The molecule has 1 unspecified atom stereocenters. The lowest BCUT2D eigenvalue weighted by Crippen LogP contribution is -2.27. The SMILES string of the molecule is CCC(C)NCCc1nnc2ccccn12. The predicted molar refractivity (Wildman–Crippen MR) is 64.4 cm³/mol. The summed E-state index contributed by atoms with van der Waals surface area (Å²) in [7, 11) is 0. The molecule has 1 atom stereocenters. The van der Waals surface area contributed by atoms with Crippen molar-refractivity contribution in [3.63, 3.8) is 0 Å². The van der Waals surface area contributed by atoms with E-state index in [1.54, 1.807) is 0 Å². The van der Waals surface area contributed by atoms with Gasteiger partial charge in [-0.05, 0) is 25.5 Å². The molecule has 4 heteroatoms. The molecule has 2 heterocycles. The Morgan fingerprint density at radius 3 is 3.06 bits per heavy atom. The average molecular weight is 218 g/mol. The van der Waals surface area contributed by atoms with Crippen LogP contribution in [0, 0.1) is 0 Å². The molecule has 0 aliphatic heterocycles. The smallest absolute Gasteiger partial charge is 0.160 e. The zero-order valence-electron chi connectivity index (χ0n) is 9.85. The Hall–Kier alpha value is -1.42. The van der Waals surface area contributed by atoms with Crippen molar-refractivity contribution in [2.45, 2.75) is 32.7 Å². The first-order chi connectivity index (χ1) is 7.81. The second-order valence-electron chi connectivity index (χ2n) is 4.06. The molecule has 0 bridgehead atoms. The second kappa shape index (κ2) is 5.07. The number of nitrogens with zero attached hydrogens (tertiary/aromatic N) is 3. The van der Waals surface area contributed by atoms with E-state index in [-0.39, 0.29) is 0 Å². The van der Waals surface area contributed by atoms with Gasteiger partial charge in [0.15, 0.2) is 5.65 Å². The van der Waals surface area contributed by atoms with Crippen molar-refractivity contribution in [3.8, 4) is 0 Å². The summed E-state index contributed by atoms with van der Waals surface area (Å²) in [6.07, 6.45) is 4.07. The third-order valence-electron chi connectivity index (χ3n) is 2.84. The highest BCUT2D eigenvalue weighted by molar-refractivity contribution is 5.36. The van der Waals surface area contributed by atoms with Crippen LogP contribution in [0.2, 0.25) is 0 Å². The summed E-state index contributed by atoms with van der Waals surface area (Å²) < 4.78 is 2.04. The highest BCUT2D eigenvalue weighted by Crippen LogP contribution is 2.03. The fourth-order valence-electron chi connectivity index (χ4n) is 1.64. The van der Waals surface area contributed by atoms with Crippen LogP contribution in [0.4, 0.5) is 0 Å². The molecule has 2 rings (SSSR count). The van der Waals surface area contributed by atoms with Gasteiger partial charge in [-0.1, -0.05) is 13.0 Å². The maximum atomic E-state index is 4.19. The lowest BCUT2D eigenvalue weighted by molar-refractivity contribution is 0.532. The van der Waals surface area contributed by atoms with Crippen LogP contribution < -0.4 is 5.32 Å². The van der Waals surface area contributed by atoms with Crippen LogP contribution in [0.25, 0.3) is 5.65 Å². The van der Waals surface area contributed by atoms with Gasteiger partial charge in [0.2, 0.25) is 0 Å². The van der Waals surface area contributed by atoms with Crippen molar-refractivity contribution in [2.75, 3.05) is 6.54 Å². The van der Waals surface area contributed by atoms with Gasteiger partial charge in [0.1, 0.15) is 5.82 Å². The van der Waals surface area contributed by atoms with Crippen LogP contribution in [0.5, 0.6) is 0 Å². The van der Waals surface area contributed by atoms with E-state index in [9.17, 15) is 0 Å². The van der Waals surface area contributed by atoms with Gasteiger partial charge in [0.25, 0.3) is 0 Å². The molecule has 0 fully saturated rings. The fourth-order valence-corrected chi connectivity index (χ4v) is 1.64. The zero-order valence-corrected chi connectivity index (χ0v) is 9.85. The highest BCUT2D eigenvalue weighted by atomic mass is 15.2. The van der Waals surface area contributed by atoms with E-state index >= 15 is 0 Å². The van der Waals surface area contributed by atoms with Gasteiger partial charge in [-0.2, -0.15) is 0 Å². The molecule has 0 aliphatic carbocycles. The van der Waals surface area contributed by atoms with Gasteiger partial charge in [-0.15, -0.1) is 10.2 Å². The first-order valence-electron chi connectivity index (χ1n) is 5.83. The minimum absolute atomic E-state index is 0.569. The minimum atomic E-state index is 0.569. The van der Waals surface area contributed by atoms with Gasteiger partial charge in [-0.25, -0.2) is 0 Å². The molecule has 0 amide bonds. The van der Waals surface area contributed by atoms with Gasteiger partial charge >= 0.3 is 0 Å². The van der Waals surface area contributed by atoms with Crippen LogP contribution in [-0.4, -0.2) is 27.2 Å². The third kappa shape index (κ3) is 2.39. The molecular formula is C12H18N4. The van der Waals surface area contributed by atoms with E-state index in [0.717, 1.165) is 30.9 Å². The Balaban J connectivity index is 1.99. The molecule has 1 N–H and O–H groups in total. The molecule has 2 aromatic rings. The Morgan fingerprint density at radius 1 is 1.38 bits per heavy atom. The summed E-state index contributed by atoms with van der Waals surface area (Å²) in [4.78, 5) is 0. The molecular weight excluding hydrogens is 200 g/mol. The van der Waals surface area contributed by atoms with Crippen LogP contribution in [0.15, 0.2) is 24.4 Å². The third-order valence-corrected chi connectivity index (χ3v) is 2.84. The Morgan fingerprint density at radius 2 is 2.25 bits per heavy atom. The summed E-state index contributed by atoms with van der Waals surface area (Å²) >= 11 is 0. The topological polar surface area (TPSA) is 42.2 Å². The van der Waals surface area contributed by atoms with Crippen molar-refractivity contribution in [3.05, 3.63) is 30.2 Å². The summed E-state index contributed by atoms with van der Waals surface area (Å²) in [6, 6.07) is 6.52. The number of nitrogens with one attached hydrogen (secondary N) is 1. The first kappa shape index (κ1) is 11.1. The molecule has 0 spiro atoms. The maximum Gasteiger partial charge on any atom is 0.160 e. The summed E-state index contributed by atoms with van der Waals surface area (Å²) in [5.41, 5.74) is 0.918. The van der Waals surface area contributed by atoms with E-state index in [1.807, 2.05) is 28.8 Å². The maximum absolute atomic E-state index is 4.19. The molecule has 0 saturated heterocycles. The molecule has 86 valence electrons. The summed E-state index contributed by atoms with van der Waals surface area (Å²) in [5.74, 6) is 1.02. The Bertz CT molecular complexity index is 449. The van der Waals surface area contributed by atoms with Crippen LogP contribution >= 0.6 is 0 Å². The monoisotopic (exact) mass is 218 g/mol. The molecule has 0 saturated carbocycles. The molecule has 2 aromatic heterocycles. The summed E-state index contributed by atoms with van der Waals surface area (Å²) in [6.45, 7) is 5.33. The van der Waals surface area contributed by atoms with Gasteiger partial charge < -0.3 is 5.32 Å². The van der Waals surface area contributed by atoms with E-state index in [0.29, 0.717) is 6.04 Å². The molecule has 4 nitrogen and oxygen atoms in total. The Kier molecular flexibility index (Phi) is 3.51. The number of pyridine rings is 1. The largest absolute Gasteiger partial charge is 0.314 e. The second-order valence-corrected chi connectivity index (χ2v) is 4.06. The first-order valence-corrected chi connectivity index (χ1v) is 5.83. The van der Waals surface area contributed by atoms with Crippen LogP contribution in [0.1, 0.15) is 26.1 Å². The predicted octanol–water partition coefficient (Wildman–Crippen LogP) is 1.66. The number of hydrogen-bond donors (Lipinski definition) is 1. The van der Waals surface area contributed by atoms with Crippen molar-refractivity contribution in [1.29, 1.82) is 0 Å². The van der Waals surface area contributed by atoms with E-state index < -0.39 is 0 Å². The molecule has 0 aromatic carbocycles. The molecule has 0 radical (unpaired) electrons. The van der Waals surface area contributed by atoms with E-state index in [1.165, 1.54) is 0 Å². The van der Waals surface area contributed by atoms with Crippen molar-refractivity contribution < 1.29 is 0 Å². The number of rotatable bonds is 5. The minimum Gasteiger partial charge on any atom is -0.314 e. The average Bonchev–Trinajstić information content (AvgIpc) is 2.73. The van der Waals surface area contributed by atoms with Crippen molar-refractivity contribution >= 4 is 5.65 Å². The lowest BCUT2D eigenvalue weighted by Gasteiger charge is -2.09. The van der Waals surface area contributed by atoms with Crippen LogP contribution in [0.3, 0.4) is 0 Å².